The highest BCUT2D eigenvalue weighted by atomic mass is 35.5. The molecule has 10 heteroatoms. The maximum absolute atomic E-state index is 15.0. The minimum absolute atomic E-state index is 0.125. The number of anilines is 3. The number of pyridine rings is 1. The molecule has 0 aliphatic carbocycles. The number of hydrogen-bond donors (Lipinski definition) is 1. The fraction of sp³-hybridized carbons (Fsp3) is 0.296. The molecule has 1 saturated heterocycles. The van der Waals surface area contributed by atoms with Crippen molar-refractivity contribution in [3.63, 3.8) is 0 Å². The first-order chi connectivity index (χ1) is 17.8. The van der Waals surface area contributed by atoms with Gasteiger partial charge < -0.3 is 20.0 Å². The third kappa shape index (κ3) is 5.23. The van der Waals surface area contributed by atoms with Gasteiger partial charge in [0, 0.05) is 49.0 Å². The van der Waals surface area contributed by atoms with Gasteiger partial charge in [-0.2, -0.15) is 4.98 Å². The zero-order chi connectivity index (χ0) is 26.1. The average molecular weight is 523 g/mol. The molecule has 2 aromatic carbocycles. The van der Waals surface area contributed by atoms with Crippen molar-refractivity contribution >= 4 is 40.0 Å². The summed E-state index contributed by atoms with van der Waals surface area (Å²) >= 11 is 6.40. The van der Waals surface area contributed by atoms with Gasteiger partial charge in [-0.1, -0.05) is 17.7 Å². The van der Waals surface area contributed by atoms with E-state index in [4.69, 9.17) is 16.4 Å². The van der Waals surface area contributed by atoms with Crippen LogP contribution in [0, 0.1) is 5.82 Å². The zero-order valence-corrected chi connectivity index (χ0v) is 21.7. The van der Waals surface area contributed by atoms with Crippen LogP contribution >= 0.6 is 11.6 Å². The largest absolute Gasteiger partial charge is 0.406 e. The Labute approximate surface area is 219 Å². The molecule has 0 atom stereocenters. The number of likely N-dealkylation sites (N-methyl/N-ethyl adjacent to an activating group) is 1. The molecule has 1 aliphatic rings. The molecular formula is C27H28ClFN6O2. The van der Waals surface area contributed by atoms with Crippen LogP contribution in [0.15, 0.2) is 59.4 Å². The highest BCUT2D eigenvalue weighted by Gasteiger charge is 2.20. The fourth-order valence-electron chi connectivity index (χ4n) is 4.33. The van der Waals surface area contributed by atoms with Crippen molar-refractivity contribution in [1.82, 2.24) is 19.6 Å². The first kappa shape index (κ1) is 25.0. The first-order valence-corrected chi connectivity index (χ1v) is 12.5. The highest BCUT2D eigenvalue weighted by molar-refractivity contribution is 6.33. The van der Waals surface area contributed by atoms with Crippen LogP contribution in [0.1, 0.15) is 13.8 Å². The van der Waals surface area contributed by atoms with Crippen LogP contribution in [0.2, 0.25) is 5.02 Å². The Morgan fingerprint density at radius 1 is 1.00 bits per heavy atom. The van der Waals surface area contributed by atoms with Gasteiger partial charge in [-0.25, -0.2) is 9.37 Å². The van der Waals surface area contributed by atoms with Crippen molar-refractivity contribution in [3.05, 3.63) is 75.8 Å². The van der Waals surface area contributed by atoms with Crippen LogP contribution in [0.4, 0.5) is 21.7 Å². The normalized spacial score (nSPS) is 14.4. The van der Waals surface area contributed by atoms with Gasteiger partial charge in [0.1, 0.15) is 11.9 Å². The van der Waals surface area contributed by atoms with Gasteiger partial charge in [-0.05, 0) is 63.4 Å². The number of rotatable bonds is 6. The molecular weight excluding hydrogens is 495 g/mol. The van der Waals surface area contributed by atoms with Crippen LogP contribution < -0.4 is 20.6 Å². The summed E-state index contributed by atoms with van der Waals surface area (Å²) in [6.45, 7) is 7.59. The summed E-state index contributed by atoms with van der Waals surface area (Å²) in [5, 5.41) is 3.83. The van der Waals surface area contributed by atoms with Crippen molar-refractivity contribution in [2.24, 2.45) is 0 Å². The fourth-order valence-corrected chi connectivity index (χ4v) is 4.58. The third-order valence-electron chi connectivity index (χ3n) is 6.22. The Kier molecular flexibility index (Phi) is 6.99. The van der Waals surface area contributed by atoms with Crippen molar-refractivity contribution in [3.8, 4) is 11.3 Å². The molecule has 8 nitrogen and oxygen atoms in total. The van der Waals surface area contributed by atoms with E-state index in [1.807, 2.05) is 38.1 Å². The summed E-state index contributed by atoms with van der Waals surface area (Å²) in [6, 6.07) is 15.3. The van der Waals surface area contributed by atoms with E-state index in [0.29, 0.717) is 5.39 Å². The predicted molar refractivity (Wildman–Crippen MR) is 145 cm³/mol. The summed E-state index contributed by atoms with van der Waals surface area (Å²) < 4.78 is 16.1. The number of hydrogen-bond acceptors (Lipinski definition) is 7. The van der Waals surface area contributed by atoms with Crippen molar-refractivity contribution in [2.45, 2.75) is 20.0 Å². The molecule has 5 rings (SSSR count). The summed E-state index contributed by atoms with van der Waals surface area (Å²) in [5.41, 5.74) is 2.08. The smallest absolute Gasteiger partial charge is 0.285 e. The summed E-state index contributed by atoms with van der Waals surface area (Å²) in [4.78, 5) is 32.3. The van der Waals surface area contributed by atoms with E-state index < -0.39 is 11.4 Å². The molecule has 4 aromatic rings. The van der Waals surface area contributed by atoms with Crippen LogP contribution in [-0.2, 0) is 0 Å². The molecule has 1 fully saturated rings. The van der Waals surface area contributed by atoms with Crippen LogP contribution in [0.25, 0.3) is 22.3 Å². The van der Waals surface area contributed by atoms with Gasteiger partial charge in [0.15, 0.2) is 5.65 Å². The van der Waals surface area contributed by atoms with E-state index >= 15 is 0 Å². The van der Waals surface area contributed by atoms with E-state index in [1.165, 1.54) is 18.2 Å². The van der Waals surface area contributed by atoms with Gasteiger partial charge in [-0.15, -0.1) is 4.73 Å². The molecule has 3 heterocycles. The minimum Gasteiger partial charge on any atom is -0.406 e. The van der Waals surface area contributed by atoms with Crippen LogP contribution in [0.3, 0.4) is 0 Å². The number of nitrogens with one attached hydrogen (secondary N) is 1. The van der Waals surface area contributed by atoms with E-state index in [1.54, 1.807) is 12.1 Å². The maximum atomic E-state index is 15.0. The van der Waals surface area contributed by atoms with Crippen molar-refractivity contribution < 1.29 is 9.23 Å². The predicted octanol–water partition coefficient (Wildman–Crippen LogP) is 4.58. The zero-order valence-electron chi connectivity index (χ0n) is 20.9. The lowest BCUT2D eigenvalue weighted by Gasteiger charge is -2.34. The molecule has 37 heavy (non-hydrogen) atoms. The molecule has 0 spiro atoms. The van der Waals surface area contributed by atoms with Gasteiger partial charge in [0.05, 0.1) is 16.3 Å². The lowest BCUT2D eigenvalue weighted by atomic mass is 10.1. The molecule has 192 valence electrons. The monoisotopic (exact) mass is 522 g/mol. The number of fused-ring (bicyclic) bond motifs is 1. The van der Waals surface area contributed by atoms with Gasteiger partial charge in [0.2, 0.25) is 5.95 Å². The van der Waals surface area contributed by atoms with Gasteiger partial charge >= 0.3 is 0 Å². The van der Waals surface area contributed by atoms with Gasteiger partial charge in [-0.3, -0.25) is 4.79 Å². The van der Waals surface area contributed by atoms with E-state index in [-0.39, 0.29) is 34.0 Å². The molecule has 0 unspecified atom stereocenters. The van der Waals surface area contributed by atoms with E-state index in [2.05, 4.69) is 32.1 Å². The SMILES string of the molecule is CC(C)On1c(=O)ccc2c(-c3c(F)cccc3Cl)nc(Nc3ccc(N4CCN(C)CC4)cc3)nc21. The topological polar surface area (TPSA) is 75.5 Å². The Bertz CT molecular complexity index is 1460. The number of aromatic nitrogens is 3. The molecule has 0 bridgehead atoms. The molecule has 0 amide bonds. The molecule has 1 aliphatic heterocycles. The highest BCUT2D eigenvalue weighted by Crippen LogP contribution is 2.34. The second kappa shape index (κ2) is 10.4. The summed E-state index contributed by atoms with van der Waals surface area (Å²) in [7, 11) is 2.13. The maximum Gasteiger partial charge on any atom is 0.285 e. The number of piperazine rings is 1. The number of halogens is 2. The average Bonchev–Trinajstić information content (AvgIpc) is 2.86. The Hall–Kier alpha value is -3.69. The number of benzene rings is 2. The van der Waals surface area contributed by atoms with Crippen molar-refractivity contribution in [1.29, 1.82) is 0 Å². The quantitative estimate of drug-likeness (QED) is 0.397. The Morgan fingerprint density at radius 3 is 2.41 bits per heavy atom. The Balaban J connectivity index is 1.58. The lowest BCUT2D eigenvalue weighted by molar-refractivity contribution is 0.0606. The minimum atomic E-state index is -0.530. The van der Waals surface area contributed by atoms with E-state index in [0.717, 1.165) is 42.3 Å². The number of nitrogens with zero attached hydrogens (tertiary/aromatic N) is 5. The first-order valence-electron chi connectivity index (χ1n) is 12.2. The third-order valence-corrected chi connectivity index (χ3v) is 6.53. The van der Waals surface area contributed by atoms with Crippen LogP contribution in [-0.4, -0.2) is 58.9 Å². The van der Waals surface area contributed by atoms with Crippen molar-refractivity contribution in [2.75, 3.05) is 43.4 Å². The second-order valence-corrected chi connectivity index (χ2v) is 9.72. The summed E-state index contributed by atoms with van der Waals surface area (Å²) in [6.07, 6.45) is -0.294. The standard InChI is InChI=1S/C27H28ClFN6O2/c1-17(2)37-35-23(36)12-11-20-25(24-21(28)5-4-6-22(24)29)31-27(32-26(20)35)30-18-7-9-19(10-8-18)34-15-13-33(3)14-16-34/h4-12,17H,13-16H2,1-3H3,(H,30,31,32). The molecule has 2 aromatic heterocycles. The molecule has 0 saturated carbocycles. The molecule has 1 N–H and O–H groups in total. The second-order valence-electron chi connectivity index (χ2n) is 9.31. The lowest BCUT2D eigenvalue weighted by Crippen LogP contribution is -2.44. The Morgan fingerprint density at radius 2 is 1.73 bits per heavy atom. The van der Waals surface area contributed by atoms with Crippen LogP contribution in [0.5, 0.6) is 0 Å². The summed E-state index contributed by atoms with van der Waals surface area (Å²) in [5.74, 6) is -0.349. The van der Waals surface area contributed by atoms with E-state index in [9.17, 15) is 9.18 Å². The molecule has 0 radical (unpaired) electrons. The van der Waals surface area contributed by atoms with Gasteiger partial charge in [0.25, 0.3) is 5.56 Å².